The maximum Gasteiger partial charge on any atom is 0.310 e. The Morgan fingerprint density at radius 2 is 1.58 bits per heavy atom. The van der Waals surface area contributed by atoms with Gasteiger partial charge in [0.2, 0.25) is 0 Å². The van der Waals surface area contributed by atoms with Gasteiger partial charge in [-0.1, -0.05) is 51.8 Å². The summed E-state index contributed by atoms with van der Waals surface area (Å²) in [6.45, 7) is 4.63. The van der Waals surface area contributed by atoms with Crippen molar-refractivity contribution in [3.63, 3.8) is 0 Å². The minimum Gasteiger partial charge on any atom is -0.388 e. The molecule has 0 radical (unpaired) electrons. The Hall–Kier alpha value is -1.79. The van der Waals surface area contributed by atoms with Gasteiger partial charge >= 0.3 is 10.2 Å². The van der Waals surface area contributed by atoms with Gasteiger partial charge < -0.3 is 19.7 Å². The van der Waals surface area contributed by atoms with Crippen molar-refractivity contribution in [3.8, 4) is 0 Å². The normalized spacial score (nSPS) is 29.5. The van der Waals surface area contributed by atoms with Gasteiger partial charge in [0.15, 0.2) is 0 Å². The Labute approximate surface area is 218 Å². The number of hydrogen-bond donors (Lipinski definition) is 2. The molecule has 2 aliphatic carbocycles. The fourth-order valence-corrected chi connectivity index (χ4v) is 7.59. The summed E-state index contributed by atoms with van der Waals surface area (Å²) in [6.07, 6.45) is 1.28. The lowest BCUT2D eigenvalue weighted by atomic mass is 9.57. The third-order valence-electron chi connectivity index (χ3n) is 8.99. The molecule has 1 saturated carbocycles. The van der Waals surface area contributed by atoms with Gasteiger partial charge in [-0.2, -0.15) is 0 Å². The van der Waals surface area contributed by atoms with E-state index in [9.17, 15) is 29.6 Å². The van der Waals surface area contributed by atoms with Crippen molar-refractivity contribution in [1.29, 1.82) is 0 Å². The van der Waals surface area contributed by atoms with Gasteiger partial charge in [-0.05, 0) is 48.4 Å². The number of halogens is 5. The number of aliphatic hydroxyl groups is 2. The van der Waals surface area contributed by atoms with Crippen LogP contribution in [-0.2, 0) is 15.1 Å². The van der Waals surface area contributed by atoms with Crippen LogP contribution in [0.3, 0.4) is 0 Å². The molecule has 2 spiro atoms. The van der Waals surface area contributed by atoms with E-state index in [1.54, 1.807) is 0 Å². The lowest BCUT2D eigenvalue weighted by Gasteiger charge is -2.51. The first-order valence-corrected chi connectivity index (χ1v) is 15.0. The summed E-state index contributed by atoms with van der Waals surface area (Å²) < 4.78 is 79.3. The second-order valence-electron chi connectivity index (χ2n) is 11.7. The molecule has 2 fully saturated rings. The Morgan fingerprint density at radius 3 is 2.11 bits per heavy atom. The van der Waals surface area contributed by atoms with E-state index in [0.717, 1.165) is 37.0 Å². The average Bonchev–Trinajstić information content (AvgIpc) is 3.12. The standard InChI is InChI=1S/C27H32F5NO4S/c1-15(2)22-20-21(19-18(34)14-26(8-3-9-26)25(35)23(19)33-22)27(10-12-36-13-11-27)37-24(20)16-4-6-17(7-5-16)38(28,29,30,31)32/h4-7,15,18,24-25,34-35H,3,8-14H2,1-2H3/t18?,24?,25-/m0/s1. The van der Waals surface area contributed by atoms with E-state index in [1.807, 2.05) is 13.8 Å². The van der Waals surface area contributed by atoms with Crippen molar-refractivity contribution >= 4 is 10.2 Å². The highest BCUT2D eigenvalue weighted by Gasteiger charge is 2.65. The molecule has 1 aromatic heterocycles. The second kappa shape index (κ2) is 7.69. The molecule has 6 rings (SSSR count). The van der Waals surface area contributed by atoms with Crippen LogP contribution in [0.5, 0.6) is 0 Å². The smallest absolute Gasteiger partial charge is 0.310 e. The van der Waals surface area contributed by atoms with Gasteiger partial charge in [-0.25, -0.2) is 0 Å². The molecular formula is C27H32F5NO4S. The van der Waals surface area contributed by atoms with Crippen molar-refractivity contribution in [2.75, 3.05) is 13.2 Å². The van der Waals surface area contributed by atoms with E-state index in [2.05, 4.69) is 0 Å². The first-order valence-electron chi connectivity index (χ1n) is 13.1. The predicted octanol–water partition coefficient (Wildman–Crippen LogP) is 7.63. The zero-order valence-corrected chi connectivity index (χ0v) is 22.0. The second-order valence-corrected chi connectivity index (χ2v) is 14.1. The number of fused-ring (bicyclic) bond motifs is 4. The summed E-state index contributed by atoms with van der Waals surface area (Å²) in [5, 5.41) is 23.0. The number of aliphatic hydroxyl groups excluding tert-OH is 2. The predicted molar refractivity (Wildman–Crippen MR) is 132 cm³/mol. The number of rotatable bonds is 3. The van der Waals surface area contributed by atoms with E-state index in [-0.39, 0.29) is 5.92 Å². The van der Waals surface area contributed by atoms with Gasteiger partial charge in [-0.15, -0.1) is 0 Å². The summed E-state index contributed by atoms with van der Waals surface area (Å²) in [6, 6.07) is 2.90. The van der Waals surface area contributed by atoms with Crippen molar-refractivity contribution < 1.29 is 39.1 Å². The molecule has 3 heterocycles. The molecule has 2 aliphatic heterocycles. The zero-order valence-electron chi connectivity index (χ0n) is 21.2. The van der Waals surface area contributed by atoms with Gasteiger partial charge in [0.05, 0.1) is 17.4 Å². The molecule has 38 heavy (non-hydrogen) atoms. The lowest BCUT2D eigenvalue weighted by Crippen LogP contribution is -2.43. The van der Waals surface area contributed by atoms with Gasteiger partial charge in [0, 0.05) is 48.3 Å². The molecule has 2 aromatic rings. The van der Waals surface area contributed by atoms with E-state index in [4.69, 9.17) is 14.5 Å². The number of pyridine rings is 1. The Bertz CT molecular complexity index is 1290. The topological polar surface area (TPSA) is 71.8 Å². The van der Waals surface area contributed by atoms with Crippen molar-refractivity contribution in [3.05, 3.63) is 57.9 Å². The lowest BCUT2D eigenvalue weighted by molar-refractivity contribution is -0.124. The Kier molecular flexibility index (Phi) is 5.35. The van der Waals surface area contributed by atoms with Gasteiger partial charge in [-0.3, -0.25) is 4.98 Å². The number of ether oxygens (including phenoxy) is 2. The van der Waals surface area contributed by atoms with E-state index in [0.29, 0.717) is 72.7 Å². The van der Waals surface area contributed by atoms with Crippen LogP contribution in [-0.4, -0.2) is 28.4 Å². The molecule has 1 aromatic carbocycles. The summed E-state index contributed by atoms with van der Waals surface area (Å²) in [7, 11) is -9.83. The van der Waals surface area contributed by atoms with E-state index >= 15 is 0 Å². The van der Waals surface area contributed by atoms with Crippen LogP contribution in [0, 0.1) is 5.41 Å². The molecule has 3 atom stereocenters. The van der Waals surface area contributed by atoms with E-state index in [1.165, 1.54) is 0 Å². The molecule has 2 N–H and O–H groups in total. The quantitative estimate of drug-likeness (QED) is 0.377. The molecule has 11 heteroatoms. The molecule has 5 nitrogen and oxygen atoms in total. The Morgan fingerprint density at radius 1 is 0.947 bits per heavy atom. The van der Waals surface area contributed by atoms with Crippen molar-refractivity contribution in [2.24, 2.45) is 5.41 Å². The SMILES string of the molecule is CC(C)c1nc2c(c3c1C(c1ccc(S(F)(F)(F)(F)F)cc1)OC31CCOCC1)C(O)CC1(CCC1)[C@H]2O. The van der Waals surface area contributed by atoms with Crippen LogP contribution in [0.2, 0.25) is 0 Å². The summed E-state index contributed by atoms with van der Waals surface area (Å²) >= 11 is 0. The molecule has 210 valence electrons. The summed E-state index contributed by atoms with van der Waals surface area (Å²) in [5.41, 5.74) is 1.99. The van der Waals surface area contributed by atoms with Crippen LogP contribution in [0.15, 0.2) is 29.2 Å². The summed E-state index contributed by atoms with van der Waals surface area (Å²) in [4.78, 5) is 2.96. The molecule has 4 aliphatic rings. The minimum absolute atomic E-state index is 0.136. The fraction of sp³-hybridized carbons (Fsp3) is 0.593. The van der Waals surface area contributed by atoms with Crippen LogP contribution >= 0.6 is 10.2 Å². The summed E-state index contributed by atoms with van der Waals surface area (Å²) in [5.74, 6) is -0.136. The molecule has 0 bridgehead atoms. The largest absolute Gasteiger partial charge is 0.388 e. The average molecular weight is 562 g/mol. The molecular weight excluding hydrogens is 529 g/mol. The van der Waals surface area contributed by atoms with Gasteiger partial charge in [0.25, 0.3) is 0 Å². The number of aromatic nitrogens is 1. The van der Waals surface area contributed by atoms with Crippen LogP contribution in [0.4, 0.5) is 19.4 Å². The molecule has 2 unspecified atom stereocenters. The van der Waals surface area contributed by atoms with Crippen molar-refractivity contribution in [1.82, 2.24) is 4.98 Å². The first kappa shape index (κ1) is 26.4. The highest BCUT2D eigenvalue weighted by Crippen LogP contribution is 3.02. The van der Waals surface area contributed by atoms with Crippen LogP contribution in [0.25, 0.3) is 0 Å². The number of nitrogens with zero attached hydrogens (tertiary/aromatic N) is 1. The maximum atomic E-state index is 13.4. The maximum absolute atomic E-state index is 13.4. The third-order valence-corrected chi connectivity index (χ3v) is 10.2. The van der Waals surface area contributed by atoms with Crippen LogP contribution < -0.4 is 0 Å². The molecule has 1 saturated heterocycles. The first-order chi connectivity index (χ1) is 17.6. The third kappa shape index (κ3) is 3.91. The van der Waals surface area contributed by atoms with Crippen molar-refractivity contribution in [2.45, 2.75) is 87.1 Å². The zero-order chi connectivity index (χ0) is 27.4. The highest BCUT2D eigenvalue weighted by atomic mass is 32.5. The molecule has 0 amide bonds. The van der Waals surface area contributed by atoms with E-state index < -0.39 is 44.4 Å². The monoisotopic (exact) mass is 561 g/mol. The number of benzene rings is 1. The fourth-order valence-electron chi connectivity index (χ4n) is 6.94. The van der Waals surface area contributed by atoms with Crippen LogP contribution in [0.1, 0.15) is 110 Å². The highest BCUT2D eigenvalue weighted by molar-refractivity contribution is 8.45. The Balaban J connectivity index is 1.57. The number of hydrogen-bond acceptors (Lipinski definition) is 5. The minimum atomic E-state index is -9.83. The van der Waals surface area contributed by atoms with Gasteiger partial charge in [0.1, 0.15) is 17.1 Å².